The topological polar surface area (TPSA) is 57.3 Å². The van der Waals surface area contributed by atoms with Crippen molar-refractivity contribution in [3.63, 3.8) is 0 Å². The molecule has 12 rings (SSSR count). The van der Waals surface area contributed by atoms with Gasteiger partial charge in [-0.05, 0) is 127 Å². The summed E-state index contributed by atoms with van der Waals surface area (Å²) >= 11 is 0. The summed E-state index contributed by atoms with van der Waals surface area (Å²) < 4.78 is 11.3. The van der Waals surface area contributed by atoms with E-state index in [1.165, 1.54) is 60.4 Å². The van der Waals surface area contributed by atoms with E-state index >= 15 is 0 Å². The van der Waals surface area contributed by atoms with E-state index in [9.17, 15) is 0 Å². The van der Waals surface area contributed by atoms with E-state index in [1.54, 1.807) is 0 Å². The summed E-state index contributed by atoms with van der Waals surface area (Å²) in [6.45, 7) is 7.43. The van der Waals surface area contributed by atoms with Gasteiger partial charge in [0.2, 0.25) is 0 Å². The molecular weight excluding hydrogens is 843 g/mol. The zero-order chi connectivity index (χ0) is 46.9. The third-order valence-electron chi connectivity index (χ3n) is 12.8. The van der Waals surface area contributed by atoms with E-state index in [4.69, 9.17) is 8.83 Å². The van der Waals surface area contributed by atoms with Gasteiger partial charge in [0.15, 0.2) is 5.76 Å². The summed E-state index contributed by atoms with van der Waals surface area (Å²) in [4.78, 5) is 6.00. The second kappa shape index (κ2) is 20.7. The molecule has 0 fully saturated rings. The molecule has 5 nitrogen and oxygen atoms in total. The molecule has 69 heavy (non-hydrogen) atoms. The first kappa shape index (κ1) is 44.6. The molecule has 0 spiro atoms. The number of H-pyrrole nitrogens is 1. The van der Waals surface area contributed by atoms with Gasteiger partial charge in [0.25, 0.3) is 0 Å². The van der Waals surface area contributed by atoms with Gasteiger partial charge in [0.1, 0.15) is 16.7 Å². The van der Waals surface area contributed by atoms with Crippen LogP contribution in [0.4, 0.5) is 17.1 Å². The van der Waals surface area contributed by atoms with Gasteiger partial charge in [0.05, 0.1) is 5.69 Å². The largest absolute Gasteiger partial charge is 0.456 e. The summed E-state index contributed by atoms with van der Waals surface area (Å²) in [7, 11) is 0. The van der Waals surface area contributed by atoms with Crippen LogP contribution in [0.25, 0.3) is 71.9 Å². The van der Waals surface area contributed by atoms with Gasteiger partial charge in [-0.15, -0.1) is 0 Å². The summed E-state index contributed by atoms with van der Waals surface area (Å²) in [5.41, 5.74) is 16.3. The minimum absolute atomic E-state index is 0.882. The number of nitrogens with one attached hydrogen (secondary N) is 2. The molecule has 0 amide bonds. The van der Waals surface area contributed by atoms with E-state index in [0.29, 0.717) is 0 Å². The fourth-order valence-electron chi connectivity index (χ4n) is 9.34. The Morgan fingerprint density at radius 2 is 1.22 bits per heavy atom. The molecule has 0 atom stereocenters. The molecule has 2 N–H and O–H groups in total. The Morgan fingerprint density at radius 1 is 0.565 bits per heavy atom. The average molecular weight is 900 g/mol. The average Bonchev–Trinajstić information content (AvgIpc) is 4.09. The highest BCUT2D eigenvalue weighted by Gasteiger charge is 2.17. The van der Waals surface area contributed by atoms with Crippen LogP contribution in [0.5, 0.6) is 0 Å². The number of fused-ring (bicyclic) bond motifs is 9. The Labute approximate surface area is 404 Å². The van der Waals surface area contributed by atoms with E-state index in [0.717, 1.165) is 82.8 Å². The number of anilines is 3. The first-order valence-electron chi connectivity index (χ1n) is 24.2. The van der Waals surface area contributed by atoms with Crippen LogP contribution in [-0.2, 0) is 12.8 Å². The first-order chi connectivity index (χ1) is 34.0. The molecule has 0 bridgehead atoms. The summed E-state index contributed by atoms with van der Waals surface area (Å²) in [5.74, 6) is 0.937. The lowest BCUT2D eigenvalue weighted by Gasteiger charge is -2.27. The molecular formula is C64H57N3O2. The fourth-order valence-corrected chi connectivity index (χ4v) is 9.34. The molecule has 0 aliphatic carbocycles. The second-order valence-electron chi connectivity index (χ2n) is 17.5. The van der Waals surface area contributed by atoms with Crippen LogP contribution in [0, 0.1) is 6.92 Å². The lowest BCUT2D eigenvalue weighted by Crippen LogP contribution is -2.15. The second-order valence-corrected chi connectivity index (χ2v) is 17.5. The molecule has 3 aromatic heterocycles. The number of para-hydroxylation sites is 3. The smallest absolute Gasteiger partial charge is 0.151 e. The number of nitrogens with zero attached hydrogens (tertiary/aromatic N) is 1. The monoisotopic (exact) mass is 899 g/mol. The molecule has 0 saturated carbocycles. The van der Waals surface area contributed by atoms with Crippen LogP contribution in [0.2, 0.25) is 0 Å². The van der Waals surface area contributed by atoms with Crippen molar-refractivity contribution in [1.82, 2.24) is 4.98 Å². The third kappa shape index (κ3) is 9.77. The van der Waals surface area contributed by atoms with Gasteiger partial charge in [-0.1, -0.05) is 165 Å². The predicted molar refractivity (Wildman–Crippen MR) is 294 cm³/mol. The maximum Gasteiger partial charge on any atom is 0.151 e. The number of rotatable bonds is 10. The van der Waals surface area contributed by atoms with Gasteiger partial charge in [-0.2, -0.15) is 0 Å². The Morgan fingerprint density at radius 3 is 2.01 bits per heavy atom. The number of benzene rings is 8. The van der Waals surface area contributed by atoms with Crippen LogP contribution in [0.3, 0.4) is 0 Å². The lowest BCUT2D eigenvalue weighted by atomic mass is 10.00. The molecule has 11 aromatic rings. The fraction of sp³-hybridized carbons (Fsp3) is 0.125. The molecule has 8 aromatic carbocycles. The van der Waals surface area contributed by atoms with Gasteiger partial charge >= 0.3 is 0 Å². The molecule has 5 heteroatoms. The normalized spacial score (nSPS) is 12.2. The predicted octanol–water partition coefficient (Wildman–Crippen LogP) is 17.9. The van der Waals surface area contributed by atoms with Crippen molar-refractivity contribution in [2.45, 2.75) is 46.5 Å². The van der Waals surface area contributed by atoms with Crippen molar-refractivity contribution in [3.8, 4) is 11.1 Å². The number of aromatic nitrogens is 1. The maximum absolute atomic E-state index is 5.71. The van der Waals surface area contributed by atoms with Crippen LogP contribution >= 0.6 is 0 Å². The number of furan rings is 2. The zero-order valence-electron chi connectivity index (χ0n) is 39.6. The zero-order valence-corrected chi connectivity index (χ0v) is 39.6. The Hall–Kier alpha value is -8.28. The quantitative estimate of drug-likeness (QED) is 0.134. The number of aryl methyl sites for hydroxylation is 2. The molecule has 1 aliphatic rings. The number of aromatic amines is 1. The van der Waals surface area contributed by atoms with Crippen molar-refractivity contribution in [2.24, 2.45) is 0 Å². The van der Waals surface area contributed by atoms with E-state index < -0.39 is 0 Å². The summed E-state index contributed by atoms with van der Waals surface area (Å²) in [6.07, 6.45) is 15.1. The summed E-state index contributed by atoms with van der Waals surface area (Å²) in [5, 5.41) is 9.37. The highest BCUT2D eigenvalue weighted by Crippen LogP contribution is 2.37. The van der Waals surface area contributed by atoms with Crippen molar-refractivity contribution in [1.29, 1.82) is 0 Å². The van der Waals surface area contributed by atoms with Crippen molar-refractivity contribution < 1.29 is 8.83 Å². The van der Waals surface area contributed by atoms with E-state index in [2.05, 4.69) is 206 Å². The first-order valence-corrected chi connectivity index (χ1v) is 24.2. The summed E-state index contributed by atoms with van der Waals surface area (Å²) in [6, 6.07) is 66.3. The van der Waals surface area contributed by atoms with E-state index in [1.807, 2.05) is 48.5 Å². The number of allylic oxidation sites excluding steroid dienone is 3. The molecule has 0 radical (unpaired) electrons. The van der Waals surface area contributed by atoms with Crippen LogP contribution in [0.1, 0.15) is 49.1 Å². The highest BCUT2D eigenvalue weighted by molar-refractivity contribution is 6.09. The number of hydrogen-bond donors (Lipinski definition) is 2. The Kier molecular flexibility index (Phi) is 13.4. The van der Waals surface area contributed by atoms with Crippen LogP contribution in [-0.4, -0.2) is 11.5 Å². The van der Waals surface area contributed by atoms with Gasteiger partial charge in [-0.3, -0.25) is 0 Å². The highest BCUT2D eigenvalue weighted by atomic mass is 16.3. The van der Waals surface area contributed by atoms with Gasteiger partial charge in [-0.25, -0.2) is 0 Å². The molecule has 0 unspecified atom stereocenters. The van der Waals surface area contributed by atoms with Crippen LogP contribution in [0.15, 0.2) is 227 Å². The van der Waals surface area contributed by atoms with E-state index in [-0.39, 0.29) is 0 Å². The molecule has 340 valence electrons. The van der Waals surface area contributed by atoms with Gasteiger partial charge < -0.3 is 24.0 Å². The van der Waals surface area contributed by atoms with Crippen molar-refractivity contribution in [3.05, 3.63) is 241 Å². The van der Waals surface area contributed by atoms with Crippen molar-refractivity contribution >= 4 is 77.9 Å². The van der Waals surface area contributed by atoms with Gasteiger partial charge in [0, 0.05) is 61.6 Å². The lowest BCUT2D eigenvalue weighted by molar-refractivity contribution is 0.604. The third-order valence-corrected chi connectivity index (χ3v) is 12.8. The molecule has 0 saturated heterocycles. The number of hydrogen-bond acceptors (Lipinski definition) is 4. The Balaban J connectivity index is 0.000000163. The van der Waals surface area contributed by atoms with Crippen LogP contribution < -0.4 is 10.2 Å². The minimum atomic E-state index is 0.882. The molecule has 4 heterocycles. The van der Waals surface area contributed by atoms with Crippen molar-refractivity contribution in [2.75, 3.05) is 16.8 Å². The maximum atomic E-state index is 5.71. The standard InChI is InChI=1S/C40H38N2.C13H10O.C11H9NO/c1-3-5-18-34(24-21-32-17-10-9-16-30(32)13-4-2)42(35-25-22-33(23-26-35)31-14-7-6-8-15-31)36-27-28-40-38(29-36)37-19-11-12-20-39(37)41-40;1-9-6-7-13-11(8-9)10-4-2-3-5-12(10)14-13;1-2-5-9-8(4-1)11-10(13-9)6-3-7-12-11/h5-12,14-20,22-29,41H,3-4,13,21H2,1-2H3;2-8H,1H3;1-6,12H,7H2/b18-5-,34-24+;;. The SMILES string of the molecule is C1=Cc2oc3ccccc3c2NC1.CC/C=C\C(=C/Cc1ccccc1CCC)N(c1ccc(-c2ccccc2)cc1)c1ccc2[nH]c3ccccc3c2c1.Cc1ccc2oc3ccccc3c2c1. The Bertz CT molecular complexity index is 3600. The minimum Gasteiger partial charge on any atom is -0.456 e. The molecule has 1 aliphatic heterocycles.